The third kappa shape index (κ3) is 1.39. The van der Waals surface area contributed by atoms with Crippen LogP contribution in [0.5, 0.6) is 0 Å². The largest absolute Gasteiger partial charge is 0.282 e. The first-order valence-corrected chi connectivity index (χ1v) is 5.14. The third-order valence-corrected chi connectivity index (χ3v) is 3.30. The van der Waals surface area contributed by atoms with Gasteiger partial charge >= 0.3 is 0 Å². The topological polar surface area (TPSA) is 17.1 Å². The van der Waals surface area contributed by atoms with Crippen LogP contribution in [0.3, 0.4) is 0 Å². The van der Waals surface area contributed by atoms with E-state index in [1.807, 2.05) is 11.4 Å². The van der Waals surface area contributed by atoms with Crippen LogP contribution in [-0.4, -0.2) is 10.9 Å². The zero-order valence-corrected chi connectivity index (χ0v) is 7.37. The van der Waals surface area contributed by atoms with Crippen LogP contribution in [0.2, 0.25) is 0 Å². The van der Waals surface area contributed by atoms with Crippen molar-refractivity contribution < 1.29 is 4.79 Å². The van der Waals surface area contributed by atoms with Crippen molar-refractivity contribution >= 4 is 33.8 Å². The fraction of sp³-hybridized carbons (Fsp3) is 0.125. The summed E-state index contributed by atoms with van der Waals surface area (Å²) < 4.78 is 0. The molecule has 0 fully saturated rings. The minimum atomic E-state index is 0.188. The van der Waals surface area contributed by atoms with Crippen LogP contribution >= 0.6 is 23.1 Å². The van der Waals surface area contributed by atoms with Gasteiger partial charge in [0, 0.05) is 10.6 Å². The van der Waals surface area contributed by atoms with E-state index in [9.17, 15) is 4.79 Å². The molecule has 0 saturated heterocycles. The minimum Gasteiger partial charge on any atom is -0.282 e. The molecule has 11 heavy (non-hydrogen) atoms. The van der Waals surface area contributed by atoms with E-state index in [2.05, 4.69) is 6.07 Å². The molecule has 0 unspecified atom stereocenters. The molecule has 1 aromatic rings. The quantitative estimate of drug-likeness (QED) is 0.663. The second-order valence-corrected chi connectivity index (χ2v) is 4.18. The lowest BCUT2D eigenvalue weighted by Crippen LogP contribution is -1.75. The number of rotatable bonds is 1. The maximum Gasteiger partial charge on any atom is 0.212 e. The smallest absolute Gasteiger partial charge is 0.212 e. The van der Waals surface area contributed by atoms with E-state index in [4.69, 9.17) is 0 Å². The van der Waals surface area contributed by atoms with Gasteiger partial charge in [0.25, 0.3) is 0 Å². The van der Waals surface area contributed by atoms with Crippen molar-refractivity contribution in [3.63, 3.8) is 0 Å². The Morgan fingerprint density at radius 3 is 2.91 bits per heavy atom. The van der Waals surface area contributed by atoms with Crippen LogP contribution < -0.4 is 0 Å². The molecule has 0 aromatic carbocycles. The molecule has 0 spiro atoms. The third-order valence-electron chi connectivity index (χ3n) is 1.50. The van der Waals surface area contributed by atoms with Crippen LogP contribution in [0, 0.1) is 0 Å². The molecule has 0 radical (unpaired) electrons. The van der Waals surface area contributed by atoms with Gasteiger partial charge in [-0.05, 0) is 23.1 Å². The average molecular weight is 182 g/mol. The predicted molar refractivity (Wildman–Crippen MR) is 49.8 cm³/mol. The monoisotopic (exact) mass is 182 g/mol. The average Bonchev–Trinajstić information content (AvgIpc) is 2.55. The van der Waals surface area contributed by atoms with E-state index in [1.54, 1.807) is 17.4 Å². The lowest BCUT2D eigenvalue weighted by molar-refractivity contribution is -0.106. The first kappa shape index (κ1) is 7.13. The van der Waals surface area contributed by atoms with E-state index < -0.39 is 0 Å². The zero-order chi connectivity index (χ0) is 7.68. The number of carbonyl (C=O) groups excluding carboxylic acids is 1. The van der Waals surface area contributed by atoms with E-state index in [-0.39, 0.29) is 5.12 Å². The van der Waals surface area contributed by atoms with Gasteiger partial charge in [-0.25, -0.2) is 0 Å². The zero-order valence-electron chi connectivity index (χ0n) is 5.74. The van der Waals surface area contributed by atoms with Gasteiger partial charge in [0.2, 0.25) is 5.12 Å². The summed E-state index contributed by atoms with van der Waals surface area (Å²) in [7, 11) is 0. The Morgan fingerprint density at radius 1 is 1.45 bits per heavy atom. The number of thioether (sulfide) groups is 1. The maximum absolute atomic E-state index is 10.8. The van der Waals surface area contributed by atoms with Crippen LogP contribution in [0.25, 0.3) is 5.57 Å². The molecule has 2 heterocycles. The van der Waals surface area contributed by atoms with Gasteiger partial charge in [-0.3, -0.25) is 4.79 Å². The Morgan fingerprint density at radius 2 is 2.36 bits per heavy atom. The Hall–Kier alpha value is -0.540. The van der Waals surface area contributed by atoms with Gasteiger partial charge < -0.3 is 0 Å². The highest BCUT2D eigenvalue weighted by molar-refractivity contribution is 8.14. The molecule has 0 saturated carbocycles. The Balaban J connectivity index is 2.31. The second kappa shape index (κ2) is 2.83. The van der Waals surface area contributed by atoms with Crippen LogP contribution in [-0.2, 0) is 4.79 Å². The molecular weight excluding hydrogens is 176 g/mol. The molecule has 1 aliphatic heterocycles. The molecule has 0 aliphatic carbocycles. The lowest BCUT2D eigenvalue weighted by Gasteiger charge is -1.91. The van der Waals surface area contributed by atoms with Gasteiger partial charge in [-0.2, -0.15) is 0 Å². The normalized spacial score (nSPS) is 17.1. The highest BCUT2D eigenvalue weighted by atomic mass is 32.2. The summed E-state index contributed by atoms with van der Waals surface area (Å²) in [5.41, 5.74) is 1.18. The summed E-state index contributed by atoms with van der Waals surface area (Å²) in [5, 5.41) is 2.22. The molecule has 1 aliphatic rings. The SMILES string of the molecule is O=C1C=C(c2cccs2)CS1. The van der Waals surface area contributed by atoms with Crippen molar-refractivity contribution in [1.82, 2.24) is 0 Å². The highest BCUT2D eigenvalue weighted by Crippen LogP contribution is 2.29. The fourth-order valence-electron chi connectivity index (χ4n) is 0.978. The summed E-state index contributed by atoms with van der Waals surface area (Å²) >= 11 is 3.07. The van der Waals surface area contributed by atoms with E-state index in [1.165, 1.54) is 22.2 Å². The van der Waals surface area contributed by atoms with Crippen LogP contribution in [0.1, 0.15) is 4.88 Å². The van der Waals surface area contributed by atoms with Crippen LogP contribution in [0.15, 0.2) is 23.6 Å². The second-order valence-electron chi connectivity index (χ2n) is 2.25. The Labute approximate surface area is 73.1 Å². The van der Waals surface area contributed by atoms with Crippen molar-refractivity contribution in [3.05, 3.63) is 28.5 Å². The summed E-state index contributed by atoms with van der Waals surface area (Å²) in [6.45, 7) is 0. The van der Waals surface area contributed by atoms with E-state index in [0.717, 1.165) is 5.75 Å². The maximum atomic E-state index is 10.8. The summed E-state index contributed by atoms with van der Waals surface area (Å²) in [6.07, 6.45) is 1.73. The van der Waals surface area contributed by atoms with Crippen molar-refractivity contribution in [2.75, 3.05) is 5.75 Å². The lowest BCUT2D eigenvalue weighted by atomic mass is 10.2. The molecule has 1 aromatic heterocycles. The fourth-order valence-corrected chi connectivity index (χ4v) is 2.57. The summed E-state index contributed by atoms with van der Waals surface area (Å²) in [6, 6.07) is 4.06. The van der Waals surface area contributed by atoms with Crippen molar-refractivity contribution in [2.24, 2.45) is 0 Å². The first-order chi connectivity index (χ1) is 5.36. The van der Waals surface area contributed by atoms with E-state index in [0.29, 0.717) is 0 Å². The van der Waals surface area contributed by atoms with Crippen molar-refractivity contribution in [2.45, 2.75) is 0 Å². The van der Waals surface area contributed by atoms with Gasteiger partial charge in [0.15, 0.2) is 0 Å². The Bertz CT molecular complexity index is 298. The van der Waals surface area contributed by atoms with Gasteiger partial charge in [-0.15, -0.1) is 11.3 Å². The number of thiophene rings is 1. The number of hydrogen-bond donors (Lipinski definition) is 0. The molecule has 0 N–H and O–H groups in total. The van der Waals surface area contributed by atoms with Gasteiger partial charge in [0.05, 0.1) is 0 Å². The standard InChI is InChI=1S/C8H6OS2/c9-8-4-6(5-11-8)7-2-1-3-10-7/h1-4H,5H2. The molecule has 3 heteroatoms. The molecule has 0 amide bonds. The van der Waals surface area contributed by atoms with Crippen molar-refractivity contribution in [3.8, 4) is 0 Å². The molecule has 0 bridgehead atoms. The molecule has 0 atom stereocenters. The van der Waals surface area contributed by atoms with Gasteiger partial charge in [-0.1, -0.05) is 17.8 Å². The summed E-state index contributed by atoms with van der Waals surface area (Å²) in [5.74, 6) is 0.847. The molecule has 56 valence electrons. The first-order valence-electron chi connectivity index (χ1n) is 3.27. The van der Waals surface area contributed by atoms with E-state index >= 15 is 0 Å². The highest BCUT2D eigenvalue weighted by Gasteiger charge is 2.14. The van der Waals surface area contributed by atoms with Crippen LogP contribution in [0.4, 0.5) is 0 Å². The molecule has 2 rings (SSSR count). The van der Waals surface area contributed by atoms with Crippen molar-refractivity contribution in [1.29, 1.82) is 0 Å². The number of carbonyl (C=O) groups is 1. The minimum absolute atomic E-state index is 0.188. The molecule has 1 nitrogen and oxygen atoms in total. The molecular formula is C8H6OS2. The van der Waals surface area contributed by atoms with Gasteiger partial charge in [0.1, 0.15) is 0 Å². The predicted octanol–water partition coefficient (Wildman–Crippen LogP) is 2.40. The Kier molecular flexibility index (Phi) is 1.84. The summed E-state index contributed by atoms with van der Waals surface area (Å²) in [4.78, 5) is 12.1. The number of hydrogen-bond acceptors (Lipinski definition) is 3.